The van der Waals surface area contributed by atoms with Gasteiger partial charge in [0.05, 0.1) is 25.7 Å². The number of unbranched alkanes of at least 4 members (excludes halogenated alkanes) is 1. The molecule has 0 saturated carbocycles. The number of esters is 1. The van der Waals surface area contributed by atoms with Crippen molar-refractivity contribution in [1.82, 2.24) is 10.2 Å². The average Bonchev–Trinajstić information content (AvgIpc) is 2.57. The molecule has 0 radical (unpaired) electrons. The Morgan fingerprint density at radius 1 is 1.21 bits per heavy atom. The Labute approximate surface area is 163 Å². The summed E-state index contributed by atoms with van der Waals surface area (Å²) >= 11 is 0. The van der Waals surface area contributed by atoms with Crippen LogP contribution in [0.4, 0.5) is 0 Å². The number of likely N-dealkylation sites (tertiary alicyclic amines) is 1. The first kappa shape index (κ1) is 23.4. The lowest BCUT2D eigenvalue weighted by Crippen LogP contribution is -2.46. The molecule has 1 N–H and O–H groups in total. The second kappa shape index (κ2) is 14.7. The van der Waals surface area contributed by atoms with Crippen LogP contribution in [0.25, 0.3) is 0 Å². The maximum Gasteiger partial charge on any atom is 0.309 e. The predicted molar refractivity (Wildman–Crippen MR) is 108 cm³/mol. The van der Waals surface area contributed by atoms with Crippen LogP contribution in [0.15, 0.2) is 4.99 Å². The molecule has 6 nitrogen and oxygen atoms in total. The molecule has 0 aromatic rings. The van der Waals surface area contributed by atoms with Crippen molar-refractivity contribution in [2.45, 2.75) is 46.5 Å². The summed E-state index contributed by atoms with van der Waals surface area (Å²) in [6, 6.07) is 0. The topological polar surface area (TPSA) is 63.2 Å². The van der Waals surface area contributed by atoms with Crippen LogP contribution in [0.1, 0.15) is 46.5 Å². The molecule has 0 aromatic carbocycles. The normalized spacial score (nSPS) is 15.8. The summed E-state index contributed by atoms with van der Waals surface area (Å²) in [5.74, 6) is 0.902. The number of nitrogens with zero attached hydrogens (tertiary/aromatic N) is 2. The molecule has 1 fully saturated rings. The molecule has 1 aliphatic heterocycles. The van der Waals surface area contributed by atoms with Gasteiger partial charge < -0.3 is 19.7 Å². The average molecular weight is 455 g/mol. The van der Waals surface area contributed by atoms with Crippen LogP contribution in [-0.4, -0.2) is 62.8 Å². The number of guanidine groups is 1. The highest BCUT2D eigenvalue weighted by atomic mass is 127. The van der Waals surface area contributed by atoms with Crippen LogP contribution in [0.3, 0.4) is 0 Å². The highest BCUT2D eigenvalue weighted by molar-refractivity contribution is 14.0. The molecule has 0 aliphatic carbocycles. The summed E-state index contributed by atoms with van der Waals surface area (Å²) in [4.78, 5) is 18.7. The van der Waals surface area contributed by atoms with Gasteiger partial charge in [0, 0.05) is 26.2 Å². The van der Waals surface area contributed by atoms with Crippen molar-refractivity contribution in [1.29, 1.82) is 0 Å². The van der Waals surface area contributed by atoms with Gasteiger partial charge in [0.15, 0.2) is 5.96 Å². The molecule has 0 bridgehead atoms. The monoisotopic (exact) mass is 455 g/mol. The van der Waals surface area contributed by atoms with E-state index >= 15 is 0 Å². The fourth-order valence-corrected chi connectivity index (χ4v) is 2.58. The Bertz CT molecular complexity index is 359. The van der Waals surface area contributed by atoms with E-state index in [0.29, 0.717) is 19.8 Å². The van der Waals surface area contributed by atoms with Gasteiger partial charge in [-0.1, -0.05) is 13.3 Å². The first-order chi connectivity index (χ1) is 11.2. The Morgan fingerprint density at radius 2 is 1.92 bits per heavy atom. The molecule has 0 amide bonds. The Morgan fingerprint density at radius 3 is 2.50 bits per heavy atom. The number of nitrogens with one attached hydrogen (secondary N) is 1. The molecule has 0 spiro atoms. The number of carbonyl (C=O) groups is 1. The molecular weight excluding hydrogens is 421 g/mol. The molecule has 1 heterocycles. The van der Waals surface area contributed by atoms with Crippen LogP contribution in [0, 0.1) is 5.92 Å². The van der Waals surface area contributed by atoms with Gasteiger partial charge in [0.2, 0.25) is 0 Å². The van der Waals surface area contributed by atoms with Crippen LogP contribution < -0.4 is 5.32 Å². The third-order valence-corrected chi connectivity index (χ3v) is 3.89. The largest absolute Gasteiger partial charge is 0.466 e. The van der Waals surface area contributed by atoms with Crippen LogP contribution in [0.2, 0.25) is 0 Å². The van der Waals surface area contributed by atoms with Crippen molar-refractivity contribution in [3.63, 3.8) is 0 Å². The van der Waals surface area contributed by atoms with E-state index in [1.807, 2.05) is 6.92 Å². The molecule has 7 heteroatoms. The first-order valence-corrected chi connectivity index (χ1v) is 9.00. The van der Waals surface area contributed by atoms with E-state index in [0.717, 1.165) is 57.9 Å². The van der Waals surface area contributed by atoms with E-state index in [2.05, 4.69) is 29.1 Å². The molecule has 1 aliphatic rings. The maximum atomic E-state index is 11.8. The summed E-state index contributed by atoms with van der Waals surface area (Å²) in [5.41, 5.74) is 0. The minimum Gasteiger partial charge on any atom is -0.466 e. The van der Waals surface area contributed by atoms with E-state index in [-0.39, 0.29) is 35.9 Å². The van der Waals surface area contributed by atoms with Crippen molar-refractivity contribution in [3.05, 3.63) is 0 Å². The zero-order chi connectivity index (χ0) is 16.9. The molecule has 0 atom stereocenters. The number of aliphatic imine (C=N–C) groups is 1. The van der Waals surface area contributed by atoms with E-state index in [1.165, 1.54) is 0 Å². The standard InChI is InChI=1S/C17H33N3O3.HI/c1-4-7-13-22-14-10-19-17(18-5-2)20-11-8-15(9-12-20)16(21)23-6-3;/h15H,4-14H2,1-3H3,(H,18,19);1H. The fourth-order valence-electron chi connectivity index (χ4n) is 2.58. The van der Waals surface area contributed by atoms with Gasteiger partial charge in [-0.25, -0.2) is 0 Å². The molecular formula is C17H34IN3O3. The van der Waals surface area contributed by atoms with E-state index in [1.54, 1.807) is 0 Å². The van der Waals surface area contributed by atoms with Gasteiger partial charge in [-0.2, -0.15) is 0 Å². The van der Waals surface area contributed by atoms with Crippen molar-refractivity contribution >= 4 is 35.9 Å². The lowest BCUT2D eigenvalue weighted by molar-refractivity contribution is -0.149. The lowest BCUT2D eigenvalue weighted by Gasteiger charge is -2.33. The number of rotatable bonds is 9. The molecule has 142 valence electrons. The number of hydrogen-bond donors (Lipinski definition) is 1. The van der Waals surface area contributed by atoms with Crippen molar-refractivity contribution in [2.24, 2.45) is 10.9 Å². The minimum atomic E-state index is -0.0570. The first-order valence-electron chi connectivity index (χ1n) is 9.00. The maximum absolute atomic E-state index is 11.8. The third-order valence-electron chi connectivity index (χ3n) is 3.89. The fraction of sp³-hybridized carbons (Fsp3) is 0.882. The number of halogens is 1. The molecule has 1 saturated heterocycles. The summed E-state index contributed by atoms with van der Waals surface area (Å²) in [6.45, 7) is 11.2. The SMILES string of the molecule is CCCCOCCN=C(NCC)N1CCC(C(=O)OCC)CC1.I. The highest BCUT2D eigenvalue weighted by Gasteiger charge is 2.27. The number of carbonyl (C=O) groups excluding carboxylic acids is 1. The molecule has 0 unspecified atom stereocenters. The van der Waals surface area contributed by atoms with E-state index in [4.69, 9.17) is 9.47 Å². The summed E-state index contributed by atoms with van der Waals surface area (Å²) in [7, 11) is 0. The van der Waals surface area contributed by atoms with Gasteiger partial charge in [0.1, 0.15) is 0 Å². The second-order valence-electron chi connectivity index (χ2n) is 5.71. The van der Waals surface area contributed by atoms with Crippen LogP contribution in [0.5, 0.6) is 0 Å². The van der Waals surface area contributed by atoms with E-state index < -0.39 is 0 Å². The minimum absolute atomic E-state index is 0. The summed E-state index contributed by atoms with van der Waals surface area (Å²) in [6.07, 6.45) is 3.92. The second-order valence-corrected chi connectivity index (χ2v) is 5.71. The quantitative estimate of drug-likeness (QED) is 0.191. The van der Waals surface area contributed by atoms with Crippen molar-refractivity contribution < 1.29 is 14.3 Å². The van der Waals surface area contributed by atoms with Crippen LogP contribution >= 0.6 is 24.0 Å². The summed E-state index contributed by atoms with van der Waals surface area (Å²) in [5, 5.41) is 3.33. The van der Waals surface area contributed by atoms with E-state index in [9.17, 15) is 4.79 Å². The van der Waals surface area contributed by atoms with Gasteiger partial charge in [0.25, 0.3) is 0 Å². The Kier molecular flexibility index (Phi) is 14.4. The zero-order valence-corrected chi connectivity index (χ0v) is 17.7. The third kappa shape index (κ3) is 9.05. The molecule has 1 rings (SSSR count). The zero-order valence-electron chi connectivity index (χ0n) is 15.4. The van der Waals surface area contributed by atoms with Gasteiger partial charge >= 0.3 is 5.97 Å². The lowest BCUT2D eigenvalue weighted by atomic mass is 9.97. The van der Waals surface area contributed by atoms with Crippen LogP contribution in [-0.2, 0) is 14.3 Å². The Balaban J connectivity index is 0.00000529. The molecule has 0 aromatic heterocycles. The molecule has 24 heavy (non-hydrogen) atoms. The number of ether oxygens (including phenoxy) is 2. The highest BCUT2D eigenvalue weighted by Crippen LogP contribution is 2.18. The predicted octanol–water partition coefficient (Wildman–Crippen LogP) is 2.66. The summed E-state index contributed by atoms with van der Waals surface area (Å²) < 4.78 is 10.7. The van der Waals surface area contributed by atoms with Crippen molar-refractivity contribution in [2.75, 3.05) is 46.0 Å². The smallest absolute Gasteiger partial charge is 0.309 e. The van der Waals surface area contributed by atoms with Gasteiger partial charge in [-0.05, 0) is 33.1 Å². The number of piperidine rings is 1. The van der Waals surface area contributed by atoms with Gasteiger partial charge in [-0.15, -0.1) is 24.0 Å². The number of hydrogen-bond acceptors (Lipinski definition) is 4. The Hall–Kier alpha value is -0.570. The van der Waals surface area contributed by atoms with Crippen molar-refractivity contribution in [3.8, 4) is 0 Å². The van der Waals surface area contributed by atoms with Gasteiger partial charge in [-0.3, -0.25) is 9.79 Å².